The second-order valence-corrected chi connectivity index (χ2v) is 8.74. The summed E-state index contributed by atoms with van der Waals surface area (Å²) in [4.78, 5) is 44.4. The number of nitrogens with one attached hydrogen (secondary N) is 1. The smallest absolute Gasteiger partial charge is 0.330 e. The zero-order chi connectivity index (χ0) is 24.9. The number of carbonyl (C=O) groups excluding carboxylic acids is 1. The van der Waals surface area contributed by atoms with Gasteiger partial charge in [-0.15, -0.1) is 0 Å². The Hall–Kier alpha value is -3.69. The fourth-order valence-corrected chi connectivity index (χ4v) is 4.52. The van der Waals surface area contributed by atoms with Crippen molar-refractivity contribution in [3.63, 3.8) is 0 Å². The second-order valence-electron chi connectivity index (χ2n) is 8.74. The molecule has 2 atom stereocenters. The van der Waals surface area contributed by atoms with Gasteiger partial charge in [-0.25, -0.2) is 4.79 Å². The predicted octanol–water partition coefficient (Wildman–Crippen LogP) is 1.98. The van der Waals surface area contributed by atoms with Gasteiger partial charge < -0.3 is 15.4 Å². The maximum Gasteiger partial charge on any atom is 0.330 e. The summed E-state index contributed by atoms with van der Waals surface area (Å²) in [5.74, 6) is -0.300. The standard InChI is InChI=1S/C26H31N5O4/c1-3-30(22(32)17-29-14-18(2)35-21(16-29)20-12-8-5-9-13-20)23-24(27)31(26(34)28-25(23)33)15-19-10-6-4-7-11-19/h4-13,18,21H,3,14-17,27H2,1-2H3,(H,28,33,34). The fraction of sp³-hybridized carbons (Fsp3) is 0.346. The van der Waals surface area contributed by atoms with Gasteiger partial charge >= 0.3 is 5.69 Å². The second kappa shape index (κ2) is 10.7. The average molecular weight is 478 g/mol. The first-order valence-electron chi connectivity index (χ1n) is 11.8. The van der Waals surface area contributed by atoms with E-state index in [9.17, 15) is 14.4 Å². The van der Waals surface area contributed by atoms with E-state index < -0.39 is 11.2 Å². The van der Waals surface area contributed by atoms with Gasteiger partial charge in [-0.3, -0.25) is 24.0 Å². The summed E-state index contributed by atoms with van der Waals surface area (Å²) in [6.07, 6.45) is -0.206. The summed E-state index contributed by atoms with van der Waals surface area (Å²) in [6, 6.07) is 19.2. The number of benzene rings is 2. The molecule has 1 amide bonds. The van der Waals surface area contributed by atoms with Crippen LogP contribution in [-0.4, -0.2) is 52.6 Å². The first-order chi connectivity index (χ1) is 16.9. The van der Waals surface area contributed by atoms with E-state index in [0.29, 0.717) is 13.1 Å². The highest BCUT2D eigenvalue weighted by molar-refractivity contribution is 5.96. The van der Waals surface area contributed by atoms with E-state index >= 15 is 0 Å². The van der Waals surface area contributed by atoms with Gasteiger partial charge in [0.1, 0.15) is 5.82 Å². The van der Waals surface area contributed by atoms with Crippen LogP contribution in [0.1, 0.15) is 31.1 Å². The normalized spacial score (nSPS) is 18.3. The van der Waals surface area contributed by atoms with Gasteiger partial charge in [0.05, 0.1) is 25.3 Å². The Kier molecular flexibility index (Phi) is 7.48. The Morgan fingerprint density at radius 3 is 2.40 bits per heavy atom. The van der Waals surface area contributed by atoms with Crippen molar-refractivity contribution in [2.45, 2.75) is 32.6 Å². The van der Waals surface area contributed by atoms with E-state index in [1.165, 1.54) is 9.47 Å². The van der Waals surface area contributed by atoms with Gasteiger partial charge in [0.2, 0.25) is 5.91 Å². The van der Waals surface area contributed by atoms with Crippen LogP contribution in [0.15, 0.2) is 70.3 Å². The molecule has 3 N–H and O–H groups in total. The molecule has 9 nitrogen and oxygen atoms in total. The maximum absolute atomic E-state index is 13.4. The molecule has 2 unspecified atom stereocenters. The number of aromatic nitrogens is 2. The van der Waals surface area contributed by atoms with Crippen molar-refractivity contribution in [1.29, 1.82) is 0 Å². The lowest BCUT2D eigenvalue weighted by Gasteiger charge is -2.37. The summed E-state index contributed by atoms with van der Waals surface area (Å²) in [5.41, 5.74) is 6.92. The zero-order valence-corrected chi connectivity index (χ0v) is 20.0. The number of nitrogens with two attached hydrogens (primary N) is 1. The number of aromatic amines is 1. The number of nitrogens with zero attached hydrogens (tertiary/aromatic N) is 3. The lowest BCUT2D eigenvalue weighted by Crippen LogP contribution is -2.49. The van der Waals surface area contributed by atoms with Crippen molar-refractivity contribution in [2.24, 2.45) is 0 Å². The lowest BCUT2D eigenvalue weighted by atomic mass is 10.1. The molecule has 1 aliphatic rings. The van der Waals surface area contributed by atoms with E-state index in [1.54, 1.807) is 6.92 Å². The third-order valence-corrected chi connectivity index (χ3v) is 6.15. The molecule has 1 aliphatic heterocycles. The molecule has 184 valence electrons. The van der Waals surface area contributed by atoms with Crippen molar-refractivity contribution in [2.75, 3.05) is 36.8 Å². The number of rotatable bonds is 7. The first kappa shape index (κ1) is 24.4. The summed E-state index contributed by atoms with van der Waals surface area (Å²) in [7, 11) is 0. The quantitative estimate of drug-likeness (QED) is 0.538. The molecule has 4 rings (SSSR count). The number of morpholine rings is 1. The largest absolute Gasteiger partial charge is 0.383 e. The van der Waals surface area contributed by atoms with Crippen molar-refractivity contribution in [3.8, 4) is 0 Å². The highest BCUT2D eigenvalue weighted by atomic mass is 16.5. The number of hydrogen-bond donors (Lipinski definition) is 2. The van der Waals surface area contributed by atoms with Gasteiger partial charge in [-0.2, -0.15) is 0 Å². The Morgan fingerprint density at radius 2 is 1.74 bits per heavy atom. The minimum Gasteiger partial charge on any atom is -0.383 e. The van der Waals surface area contributed by atoms with Crippen molar-refractivity contribution in [3.05, 3.63) is 92.6 Å². The van der Waals surface area contributed by atoms with Crippen molar-refractivity contribution < 1.29 is 9.53 Å². The Bertz CT molecular complexity index is 1270. The van der Waals surface area contributed by atoms with Gasteiger partial charge in [-0.1, -0.05) is 60.7 Å². The van der Waals surface area contributed by atoms with Gasteiger partial charge in [0.15, 0.2) is 5.69 Å². The van der Waals surface area contributed by atoms with Gasteiger partial charge in [-0.05, 0) is 25.0 Å². The molecule has 9 heteroatoms. The Balaban J connectivity index is 1.57. The number of H-pyrrole nitrogens is 1. The van der Waals surface area contributed by atoms with E-state index in [4.69, 9.17) is 10.5 Å². The summed E-state index contributed by atoms with van der Waals surface area (Å²) in [6.45, 7) is 5.41. The molecular formula is C26H31N5O4. The first-order valence-corrected chi connectivity index (χ1v) is 11.8. The predicted molar refractivity (Wildman–Crippen MR) is 135 cm³/mol. The SMILES string of the molecule is CCN(C(=O)CN1CC(C)OC(c2ccccc2)C1)c1c(N)n(Cc2ccccc2)c(=O)[nH]c1=O. The highest BCUT2D eigenvalue weighted by Crippen LogP contribution is 2.25. The topological polar surface area (TPSA) is 114 Å². The number of nitrogen functional groups attached to an aromatic ring is 1. The van der Waals surface area contributed by atoms with Crippen LogP contribution in [-0.2, 0) is 16.1 Å². The molecule has 0 spiro atoms. The summed E-state index contributed by atoms with van der Waals surface area (Å²) < 4.78 is 7.38. The number of carbonyl (C=O) groups is 1. The third kappa shape index (κ3) is 5.52. The lowest BCUT2D eigenvalue weighted by molar-refractivity contribution is -0.124. The highest BCUT2D eigenvalue weighted by Gasteiger charge is 2.30. The van der Waals surface area contributed by atoms with Gasteiger partial charge in [0.25, 0.3) is 5.56 Å². The van der Waals surface area contributed by atoms with Crippen molar-refractivity contribution in [1.82, 2.24) is 14.5 Å². The number of likely N-dealkylation sites (N-methyl/N-ethyl adjacent to an activating group) is 1. The van der Waals surface area contributed by atoms with Gasteiger partial charge in [0, 0.05) is 19.6 Å². The molecule has 0 radical (unpaired) electrons. The molecule has 0 aliphatic carbocycles. The van der Waals surface area contributed by atoms with Crippen LogP contribution in [0, 0.1) is 0 Å². The third-order valence-electron chi connectivity index (χ3n) is 6.15. The van der Waals surface area contributed by atoms with Crippen LogP contribution in [0.2, 0.25) is 0 Å². The molecule has 1 saturated heterocycles. The molecule has 35 heavy (non-hydrogen) atoms. The number of anilines is 2. The van der Waals surface area contributed by atoms with E-state index in [1.807, 2.05) is 72.5 Å². The maximum atomic E-state index is 13.4. The molecule has 2 heterocycles. The fourth-order valence-electron chi connectivity index (χ4n) is 4.52. The molecule has 1 aromatic heterocycles. The molecule has 1 fully saturated rings. The Morgan fingerprint density at radius 1 is 1.09 bits per heavy atom. The minimum absolute atomic E-state index is 0.00560. The number of hydrogen-bond acceptors (Lipinski definition) is 6. The van der Waals surface area contributed by atoms with E-state index in [2.05, 4.69) is 4.98 Å². The van der Waals surface area contributed by atoms with Crippen LogP contribution in [0.5, 0.6) is 0 Å². The summed E-state index contributed by atoms with van der Waals surface area (Å²) in [5, 5.41) is 0. The van der Waals surface area contributed by atoms with Crippen LogP contribution >= 0.6 is 0 Å². The number of amides is 1. The van der Waals surface area contributed by atoms with Crippen molar-refractivity contribution >= 4 is 17.4 Å². The zero-order valence-electron chi connectivity index (χ0n) is 20.0. The number of ether oxygens (including phenoxy) is 1. The average Bonchev–Trinajstić information content (AvgIpc) is 2.85. The van der Waals surface area contributed by atoms with Crippen LogP contribution in [0.4, 0.5) is 11.5 Å². The van der Waals surface area contributed by atoms with Crippen LogP contribution in [0.25, 0.3) is 0 Å². The summed E-state index contributed by atoms with van der Waals surface area (Å²) >= 11 is 0. The van der Waals surface area contributed by atoms with E-state index in [0.717, 1.165) is 11.1 Å². The van der Waals surface area contributed by atoms with Crippen LogP contribution < -0.4 is 21.9 Å². The molecule has 3 aromatic rings. The molecule has 2 aromatic carbocycles. The molecule has 0 bridgehead atoms. The Labute approximate surface area is 203 Å². The molecular weight excluding hydrogens is 446 g/mol. The molecule has 0 saturated carbocycles. The minimum atomic E-state index is -0.676. The van der Waals surface area contributed by atoms with E-state index in [-0.39, 0.29) is 49.3 Å². The van der Waals surface area contributed by atoms with Crippen LogP contribution in [0.3, 0.4) is 0 Å². The monoisotopic (exact) mass is 477 g/mol.